The van der Waals surface area contributed by atoms with Crippen molar-refractivity contribution in [2.45, 2.75) is 39.4 Å². The first-order valence-corrected chi connectivity index (χ1v) is 16.6. The van der Waals surface area contributed by atoms with Crippen molar-refractivity contribution in [3.05, 3.63) is 119 Å². The first kappa shape index (κ1) is 34.7. The van der Waals surface area contributed by atoms with Gasteiger partial charge in [-0.25, -0.2) is 4.98 Å². The number of nitrogens with zero attached hydrogens (tertiary/aromatic N) is 5. The Bertz CT molecular complexity index is 2000. The number of aryl methyl sites for hydroxylation is 2. The smallest absolute Gasteiger partial charge is 0.416 e. The van der Waals surface area contributed by atoms with Crippen LogP contribution >= 0.6 is 0 Å². The van der Waals surface area contributed by atoms with Crippen LogP contribution < -0.4 is 9.64 Å². The molecule has 2 amide bonds. The summed E-state index contributed by atoms with van der Waals surface area (Å²) in [6.07, 6.45) is -3.01. The third-order valence-corrected chi connectivity index (χ3v) is 9.46. The standard InChI is InChI=1S/C39H40F3N5O3/c1-25(2)28-8-6-27(7-9-28)24-46-18-20-47(21-19-46)38(49)34-22-32-26(3)35(16-15-33(32)45(34)5)50-36-17-14-31(23-43-36)44(4)37(48)29-10-12-30(13-11-29)39(40,41)42/h6-17,22-23,25H,18-21,24H2,1-5H3. The largest absolute Gasteiger partial charge is 0.439 e. The molecule has 8 nitrogen and oxygen atoms in total. The lowest BCUT2D eigenvalue weighted by atomic mass is 10.0. The minimum absolute atomic E-state index is 0.00118. The molecule has 0 spiro atoms. The fourth-order valence-electron chi connectivity index (χ4n) is 6.24. The van der Waals surface area contributed by atoms with E-state index >= 15 is 0 Å². The van der Waals surface area contributed by atoms with Gasteiger partial charge in [0, 0.05) is 74.9 Å². The van der Waals surface area contributed by atoms with Crippen molar-refractivity contribution in [2.75, 3.05) is 38.1 Å². The van der Waals surface area contributed by atoms with E-state index in [1.807, 2.05) is 41.6 Å². The lowest BCUT2D eigenvalue weighted by Gasteiger charge is -2.34. The van der Waals surface area contributed by atoms with E-state index in [2.05, 4.69) is 48.0 Å². The van der Waals surface area contributed by atoms with E-state index in [1.165, 1.54) is 29.3 Å². The molecule has 0 bridgehead atoms. The highest BCUT2D eigenvalue weighted by Crippen LogP contribution is 2.33. The summed E-state index contributed by atoms with van der Waals surface area (Å²) in [7, 11) is 3.42. The molecular weight excluding hydrogens is 643 g/mol. The Morgan fingerprint density at radius 2 is 1.60 bits per heavy atom. The van der Waals surface area contributed by atoms with Gasteiger partial charge in [0.2, 0.25) is 5.88 Å². The number of aromatic nitrogens is 2. The predicted octanol–water partition coefficient (Wildman–Crippen LogP) is 8.05. The van der Waals surface area contributed by atoms with Crippen LogP contribution in [0.25, 0.3) is 10.9 Å². The van der Waals surface area contributed by atoms with E-state index in [1.54, 1.807) is 12.1 Å². The summed E-state index contributed by atoms with van der Waals surface area (Å²) in [5.41, 5.74) is 4.74. The fraction of sp³-hybridized carbons (Fsp3) is 0.308. The summed E-state index contributed by atoms with van der Waals surface area (Å²) in [4.78, 5) is 36.6. The molecule has 50 heavy (non-hydrogen) atoms. The van der Waals surface area contributed by atoms with Gasteiger partial charge < -0.3 is 19.1 Å². The van der Waals surface area contributed by atoms with Crippen LogP contribution in [-0.2, 0) is 19.8 Å². The van der Waals surface area contributed by atoms with Gasteiger partial charge >= 0.3 is 6.18 Å². The van der Waals surface area contributed by atoms with Crippen molar-refractivity contribution in [3.8, 4) is 11.6 Å². The number of piperazine rings is 1. The number of fused-ring (bicyclic) bond motifs is 1. The quantitative estimate of drug-likeness (QED) is 0.166. The number of carbonyl (C=O) groups is 2. The third-order valence-electron chi connectivity index (χ3n) is 9.46. The van der Waals surface area contributed by atoms with Gasteiger partial charge in [-0.2, -0.15) is 13.2 Å². The molecule has 0 atom stereocenters. The number of hydrogen-bond acceptors (Lipinski definition) is 5. The third kappa shape index (κ3) is 7.23. The van der Waals surface area contributed by atoms with Gasteiger partial charge in [-0.1, -0.05) is 38.1 Å². The van der Waals surface area contributed by atoms with Crippen LogP contribution in [0.2, 0.25) is 0 Å². The van der Waals surface area contributed by atoms with Crippen molar-refractivity contribution in [2.24, 2.45) is 7.05 Å². The number of hydrogen-bond donors (Lipinski definition) is 0. The first-order valence-electron chi connectivity index (χ1n) is 16.6. The zero-order valence-electron chi connectivity index (χ0n) is 28.8. The van der Waals surface area contributed by atoms with E-state index in [0.29, 0.717) is 42.0 Å². The van der Waals surface area contributed by atoms with Gasteiger partial charge in [0.15, 0.2) is 0 Å². The molecule has 3 aromatic carbocycles. The second-order valence-electron chi connectivity index (χ2n) is 13.1. The minimum atomic E-state index is -4.48. The van der Waals surface area contributed by atoms with Crippen molar-refractivity contribution >= 4 is 28.4 Å². The summed E-state index contributed by atoms with van der Waals surface area (Å²) >= 11 is 0. The van der Waals surface area contributed by atoms with Gasteiger partial charge in [0.1, 0.15) is 11.4 Å². The predicted molar refractivity (Wildman–Crippen MR) is 188 cm³/mol. The van der Waals surface area contributed by atoms with E-state index < -0.39 is 17.6 Å². The molecule has 6 rings (SSSR count). The molecule has 11 heteroatoms. The summed E-state index contributed by atoms with van der Waals surface area (Å²) in [6.45, 7) is 10.1. The second kappa shape index (κ2) is 14.0. The van der Waals surface area contributed by atoms with Crippen LogP contribution in [0, 0.1) is 6.92 Å². The van der Waals surface area contributed by atoms with Crippen molar-refractivity contribution in [3.63, 3.8) is 0 Å². The maximum Gasteiger partial charge on any atom is 0.416 e. The molecule has 2 aromatic heterocycles. The topological polar surface area (TPSA) is 70.9 Å². The molecule has 260 valence electrons. The van der Waals surface area contributed by atoms with E-state index in [4.69, 9.17) is 4.74 Å². The van der Waals surface area contributed by atoms with Crippen LogP contribution in [0.4, 0.5) is 18.9 Å². The molecule has 5 aromatic rings. The molecular formula is C39H40F3N5O3. The molecule has 0 N–H and O–H groups in total. The van der Waals surface area contributed by atoms with Gasteiger partial charge in [0.05, 0.1) is 17.4 Å². The minimum Gasteiger partial charge on any atom is -0.439 e. The van der Waals surface area contributed by atoms with Gasteiger partial charge in [0.25, 0.3) is 11.8 Å². The summed E-state index contributed by atoms with van der Waals surface area (Å²) in [5, 5.41) is 0.898. The lowest BCUT2D eigenvalue weighted by Crippen LogP contribution is -2.48. The van der Waals surface area contributed by atoms with Gasteiger partial charge in [-0.05, 0) is 72.5 Å². The number of alkyl halides is 3. The van der Waals surface area contributed by atoms with Crippen LogP contribution in [0.15, 0.2) is 85.1 Å². The van der Waals surface area contributed by atoms with Gasteiger partial charge in [-0.15, -0.1) is 0 Å². The number of rotatable bonds is 8. The molecule has 0 unspecified atom stereocenters. The Morgan fingerprint density at radius 3 is 2.20 bits per heavy atom. The molecule has 1 aliphatic rings. The number of benzene rings is 3. The van der Waals surface area contributed by atoms with Crippen molar-refractivity contribution in [1.82, 2.24) is 19.4 Å². The van der Waals surface area contributed by atoms with Crippen LogP contribution in [0.5, 0.6) is 11.6 Å². The number of anilines is 1. The van der Waals surface area contributed by atoms with Crippen molar-refractivity contribution in [1.29, 1.82) is 0 Å². The van der Waals surface area contributed by atoms with Gasteiger partial charge in [-0.3, -0.25) is 14.5 Å². The maximum atomic E-state index is 13.7. The molecule has 1 saturated heterocycles. The monoisotopic (exact) mass is 683 g/mol. The maximum absolute atomic E-state index is 13.7. The SMILES string of the molecule is Cc1c(Oc2ccc(N(C)C(=O)c3ccc(C(F)(F)F)cc3)cn2)ccc2c1cc(C(=O)N1CCN(Cc3ccc(C(C)C)cc3)CC1)n2C. The Hall–Kier alpha value is -5.16. The molecule has 0 radical (unpaired) electrons. The Kier molecular flexibility index (Phi) is 9.71. The fourth-order valence-corrected chi connectivity index (χ4v) is 6.24. The number of halogens is 3. The molecule has 1 aliphatic heterocycles. The Labute approximate surface area is 289 Å². The molecule has 0 aliphatic carbocycles. The number of carbonyl (C=O) groups excluding carboxylic acids is 2. The summed E-state index contributed by atoms with van der Waals surface area (Å²) < 4.78 is 46.8. The zero-order valence-corrected chi connectivity index (χ0v) is 28.8. The van der Waals surface area contributed by atoms with E-state index in [-0.39, 0.29) is 11.5 Å². The zero-order chi connectivity index (χ0) is 35.7. The lowest BCUT2D eigenvalue weighted by molar-refractivity contribution is -0.137. The summed E-state index contributed by atoms with van der Waals surface area (Å²) in [6, 6.07) is 21.8. The highest BCUT2D eigenvalue weighted by molar-refractivity contribution is 6.05. The Balaban J connectivity index is 1.09. The van der Waals surface area contributed by atoms with E-state index in [0.717, 1.165) is 60.4 Å². The Morgan fingerprint density at radius 1 is 0.920 bits per heavy atom. The number of ether oxygens (including phenoxy) is 1. The number of pyridine rings is 1. The molecule has 0 saturated carbocycles. The first-order chi connectivity index (χ1) is 23.8. The number of amides is 2. The molecule has 1 fully saturated rings. The van der Waals surface area contributed by atoms with Crippen LogP contribution in [-0.4, -0.2) is 64.4 Å². The van der Waals surface area contributed by atoms with Crippen LogP contribution in [0.1, 0.15) is 62.9 Å². The van der Waals surface area contributed by atoms with E-state index in [9.17, 15) is 22.8 Å². The second-order valence-corrected chi connectivity index (χ2v) is 13.1. The van der Waals surface area contributed by atoms with Crippen molar-refractivity contribution < 1.29 is 27.5 Å². The highest BCUT2D eigenvalue weighted by Gasteiger charge is 2.30. The van der Waals surface area contributed by atoms with Crippen LogP contribution in [0.3, 0.4) is 0 Å². The molecule has 3 heterocycles. The highest BCUT2D eigenvalue weighted by atomic mass is 19.4. The normalized spacial score (nSPS) is 14.0. The average Bonchev–Trinajstić information content (AvgIpc) is 3.45. The summed E-state index contributed by atoms with van der Waals surface area (Å²) in [5.74, 6) is 0.907. The average molecular weight is 684 g/mol.